The number of carbonyl (C=O) groups excluding carboxylic acids is 3. The highest BCUT2D eigenvalue weighted by Crippen LogP contribution is 2.39. The van der Waals surface area contributed by atoms with Crippen molar-refractivity contribution in [3.63, 3.8) is 0 Å². The highest BCUT2D eigenvalue weighted by atomic mass is 16.6. The zero-order chi connectivity index (χ0) is 35.5. The average molecular weight is 675 g/mol. The molecule has 50 heavy (non-hydrogen) atoms. The van der Waals surface area contributed by atoms with Crippen molar-refractivity contribution in [3.05, 3.63) is 138 Å². The van der Waals surface area contributed by atoms with Crippen LogP contribution in [0.2, 0.25) is 0 Å². The summed E-state index contributed by atoms with van der Waals surface area (Å²) < 4.78 is 5.44. The summed E-state index contributed by atoms with van der Waals surface area (Å²) in [4.78, 5) is 46.0. The van der Waals surface area contributed by atoms with Crippen molar-refractivity contribution in [1.82, 2.24) is 4.90 Å². The lowest BCUT2D eigenvalue weighted by molar-refractivity contribution is -0.143. The standard InChI is InChI=1S/C43H50N2O5/c1-4-25-43(49,26-5-2)28-39(46)40(41(47)45-38(31-50-42(45)48)34-21-14-9-15-22-34)37(6-3)35-23-16-24-36(27-35)44(29-32-17-10-7-11-18-32)30-33-19-12-8-13-20-33/h7-24,27,37-38,40,49H,4-6,25-26,28-31H2,1-3H3. The average Bonchev–Trinajstić information content (AvgIpc) is 3.52. The smallest absolute Gasteiger partial charge is 0.417 e. The number of carbonyl (C=O) groups is 3. The van der Waals surface area contributed by atoms with Crippen LogP contribution < -0.4 is 4.90 Å². The van der Waals surface area contributed by atoms with Crippen LogP contribution in [0.5, 0.6) is 0 Å². The van der Waals surface area contributed by atoms with Crippen molar-refractivity contribution in [2.45, 2.75) is 89.9 Å². The fraction of sp³-hybridized carbons (Fsp3) is 0.372. The van der Waals surface area contributed by atoms with Crippen LogP contribution in [-0.4, -0.2) is 40.0 Å². The number of benzene rings is 4. The van der Waals surface area contributed by atoms with Gasteiger partial charge in [0.05, 0.1) is 5.60 Å². The van der Waals surface area contributed by atoms with Crippen LogP contribution in [0.3, 0.4) is 0 Å². The molecule has 1 heterocycles. The van der Waals surface area contributed by atoms with Crippen LogP contribution in [0.1, 0.15) is 93.5 Å². The molecule has 0 spiro atoms. The third-order valence-corrected chi connectivity index (χ3v) is 9.78. The zero-order valence-electron chi connectivity index (χ0n) is 29.5. The normalized spacial score (nSPS) is 15.7. The van der Waals surface area contributed by atoms with Crippen molar-refractivity contribution in [2.75, 3.05) is 11.5 Å². The van der Waals surface area contributed by atoms with Gasteiger partial charge in [0, 0.05) is 31.1 Å². The van der Waals surface area contributed by atoms with Gasteiger partial charge in [-0.2, -0.15) is 0 Å². The number of hydrogen-bond acceptors (Lipinski definition) is 6. The maximum atomic E-state index is 14.8. The first-order valence-corrected chi connectivity index (χ1v) is 18.0. The van der Waals surface area contributed by atoms with E-state index in [1.54, 1.807) is 0 Å². The Bertz CT molecular complexity index is 1650. The SMILES string of the molecule is CCCC(O)(CCC)CC(=O)C(C(=O)N1C(=O)OCC1c1ccccc1)C(CC)c1cccc(N(Cc2ccccc2)Cc2ccccc2)c1. The van der Waals surface area contributed by atoms with Crippen LogP contribution in [0, 0.1) is 5.92 Å². The van der Waals surface area contributed by atoms with Gasteiger partial charge in [0.25, 0.3) is 0 Å². The number of nitrogens with zero attached hydrogens (tertiary/aromatic N) is 2. The lowest BCUT2D eigenvalue weighted by Gasteiger charge is -2.33. The highest BCUT2D eigenvalue weighted by Gasteiger charge is 2.47. The largest absolute Gasteiger partial charge is 0.446 e. The Morgan fingerprint density at radius 1 is 0.820 bits per heavy atom. The molecule has 0 saturated carbocycles. The lowest BCUT2D eigenvalue weighted by Crippen LogP contribution is -2.46. The van der Waals surface area contributed by atoms with Crippen molar-refractivity contribution >= 4 is 23.5 Å². The Hall–Kier alpha value is -4.75. The van der Waals surface area contributed by atoms with Gasteiger partial charge in [-0.05, 0) is 53.6 Å². The molecule has 2 amide bonds. The molecule has 1 aliphatic rings. The Balaban J connectivity index is 1.55. The predicted molar refractivity (Wildman–Crippen MR) is 198 cm³/mol. The Morgan fingerprint density at radius 2 is 1.38 bits per heavy atom. The second-order valence-electron chi connectivity index (χ2n) is 13.5. The van der Waals surface area contributed by atoms with E-state index < -0.39 is 35.5 Å². The van der Waals surface area contributed by atoms with Crippen LogP contribution in [-0.2, 0) is 27.4 Å². The van der Waals surface area contributed by atoms with Gasteiger partial charge in [0.2, 0.25) is 5.91 Å². The van der Waals surface area contributed by atoms with Gasteiger partial charge < -0.3 is 14.7 Å². The lowest BCUT2D eigenvalue weighted by atomic mass is 9.76. The molecular weight excluding hydrogens is 624 g/mol. The number of cyclic esters (lactones) is 1. The first-order chi connectivity index (χ1) is 24.3. The summed E-state index contributed by atoms with van der Waals surface area (Å²) in [5.41, 5.74) is 3.65. The van der Waals surface area contributed by atoms with E-state index in [2.05, 4.69) is 41.3 Å². The predicted octanol–water partition coefficient (Wildman–Crippen LogP) is 9.01. The Labute approximate surface area is 296 Å². The summed E-state index contributed by atoms with van der Waals surface area (Å²) in [6, 6.07) is 37.3. The molecule has 262 valence electrons. The molecule has 4 aromatic carbocycles. The molecule has 3 unspecified atom stereocenters. The van der Waals surface area contributed by atoms with E-state index in [9.17, 15) is 19.5 Å². The molecule has 1 aliphatic heterocycles. The number of hydrogen-bond donors (Lipinski definition) is 1. The number of aliphatic hydroxyl groups is 1. The second-order valence-corrected chi connectivity index (χ2v) is 13.5. The van der Waals surface area contributed by atoms with Crippen LogP contribution in [0.15, 0.2) is 115 Å². The Morgan fingerprint density at radius 3 is 1.92 bits per heavy atom. The molecule has 7 heteroatoms. The molecule has 0 aliphatic carbocycles. The number of Topliss-reactive ketones (excluding diaryl/α,β-unsaturated/α-hetero) is 1. The van der Waals surface area contributed by atoms with Gasteiger partial charge in [-0.25, -0.2) is 9.69 Å². The van der Waals surface area contributed by atoms with E-state index in [1.807, 2.05) is 99.6 Å². The van der Waals surface area contributed by atoms with E-state index in [0.717, 1.165) is 32.8 Å². The molecule has 1 N–H and O–H groups in total. The highest BCUT2D eigenvalue weighted by molar-refractivity contribution is 6.07. The molecule has 0 bridgehead atoms. The van der Waals surface area contributed by atoms with Crippen LogP contribution in [0.25, 0.3) is 0 Å². The van der Waals surface area contributed by atoms with Crippen molar-refractivity contribution in [1.29, 1.82) is 0 Å². The van der Waals surface area contributed by atoms with Gasteiger partial charge in [-0.3, -0.25) is 9.59 Å². The second kappa shape index (κ2) is 17.3. The van der Waals surface area contributed by atoms with Crippen LogP contribution >= 0.6 is 0 Å². The first kappa shape index (κ1) is 36.5. The minimum absolute atomic E-state index is 0.0192. The van der Waals surface area contributed by atoms with E-state index in [1.165, 1.54) is 0 Å². The topological polar surface area (TPSA) is 87.2 Å². The summed E-state index contributed by atoms with van der Waals surface area (Å²) in [5, 5.41) is 11.6. The third kappa shape index (κ3) is 8.88. The van der Waals surface area contributed by atoms with Crippen LogP contribution in [0.4, 0.5) is 10.5 Å². The maximum Gasteiger partial charge on any atom is 0.417 e. The third-order valence-electron chi connectivity index (χ3n) is 9.78. The maximum absolute atomic E-state index is 14.8. The molecule has 1 saturated heterocycles. The fourth-order valence-corrected chi connectivity index (χ4v) is 7.40. The number of anilines is 1. The van der Waals surface area contributed by atoms with Gasteiger partial charge in [-0.15, -0.1) is 0 Å². The van der Waals surface area contributed by atoms with E-state index in [4.69, 9.17) is 4.74 Å². The van der Waals surface area contributed by atoms with Gasteiger partial charge >= 0.3 is 6.09 Å². The number of ketones is 1. The molecule has 4 aromatic rings. The summed E-state index contributed by atoms with van der Waals surface area (Å²) in [5.74, 6) is -2.66. The number of imide groups is 1. The summed E-state index contributed by atoms with van der Waals surface area (Å²) in [6.07, 6.45) is 1.87. The van der Waals surface area contributed by atoms with E-state index >= 15 is 0 Å². The van der Waals surface area contributed by atoms with Crippen molar-refractivity contribution in [2.24, 2.45) is 5.92 Å². The molecule has 0 radical (unpaired) electrons. The monoisotopic (exact) mass is 674 g/mol. The van der Waals surface area contributed by atoms with Gasteiger partial charge in [-0.1, -0.05) is 137 Å². The van der Waals surface area contributed by atoms with Gasteiger partial charge in [0.15, 0.2) is 0 Å². The quantitative estimate of drug-likeness (QED) is 0.113. The molecular formula is C43H50N2O5. The molecule has 7 nitrogen and oxygen atoms in total. The van der Waals surface area contributed by atoms with E-state index in [0.29, 0.717) is 45.2 Å². The minimum atomic E-state index is -1.23. The number of rotatable bonds is 17. The summed E-state index contributed by atoms with van der Waals surface area (Å²) >= 11 is 0. The molecule has 1 fully saturated rings. The van der Waals surface area contributed by atoms with E-state index in [-0.39, 0.29) is 18.8 Å². The first-order valence-electron chi connectivity index (χ1n) is 18.0. The number of ether oxygens (including phenoxy) is 1. The Kier molecular flexibility index (Phi) is 12.6. The molecule has 0 aromatic heterocycles. The molecule has 5 rings (SSSR count). The summed E-state index contributed by atoms with van der Waals surface area (Å²) in [7, 11) is 0. The number of amides is 2. The van der Waals surface area contributed by atoms with Crippen molar-refractivity contribution < 1.29 is 24.2 Å². The van der Waals surface area contributed by atoms with Crippen molar-refractivity contribution in [3.8, 4) is 0 Å². The van der Waals surface area contributed by atoms with Gasteiger partial charge in [0.1, 0.15) is 24.3 Å². The minimum Gasteiger partial charge on any atom is -0.446 e. The zero-order valence-corrected chi connectivity index (χ0v) is 29.5. The fourth-order valence-electron chi connectivity index (χ4n) is 7.40. The molecule has 3 atom stereocenters. The summed E-state index contributed by atoms with van der Waals surface area (Å²) in [6.45, 7) is 7.28.